The highest BCUT2D eigenvalue weighted by Gasteiger charge is 2.27. The van der Waals surface area contributed by atoms with E-state index in [9.17, 15) is 9.18 Å². The molecule has 2 unspecified atom stereocenters. The number of anilines is 2. The van der Waals surface area contributed by atoms with Crippen molar-refractivity contribution >= 4 is 17.3 Å². The largest absolute Gasteiger partial charge is 0.397 e. The standard InChI is InChI=1S/C15H22FN3O2/c1-10-14(6-8-21-10)19(2)7-5-15(20)18-13-4-3-11(16)9-12(13)17/h3-4,9-10,14H,5-8,17H2,1-2H3,(H,18,20). The Bertz CT molecular complexity index is 510. The van der Waals surface area contributed by atoms with Gasteiger partial charge in [0.15, 0.2) is 0 Å². The van der Waals surface area contributed by atoms with Crippen LogP contribution < -0.4 is 11.1 Å². The molecule has 1 fully saturated rings. The number of halogens is 1. The number of nitrogens with two attached hydrogens (primary N) is 1. The van der Waals surface area contributed by atoms with E-state index in [4.69, 9.17) is 10.5 Å². The predicted molar refractivity (Wildman–Crippen MR) is 80.5 cm³/mol. The molecule has 1 aromatic rings. The molecule has 2 atom stereocenters. The Hall–Kier alpha value is -1.66. The highest BCUT2D eigenvalue weighted by molar-refractivity contribution is 5.93. The van der Waals surface area contributed by atoms with Gasteiger partial charge in [0.2, 0.25) is 5.91 Å². The third-order valence-corrected chi connectivity index (χ3v) is 3.88. The Labute approximate surface area is 124 Å². The summed E-state index contributed by atoms with van der Waals surface area (Å²) in [5.41, 5.74) is 6.34. The molecule has 1 amide bonds. The lowest BCUT2D eigenvalue weighted by molar-refractivity contribution is -0.116. The highest BCUT2D eigenvalue weighted by Crippen LogP contribution is 2.20. The maximum atomic E-state index is 12.9. The van der Waals surface area contributed by atoms with Crippen LogP contribution in [-0.4, -0.2) is 43.2 Å². The van der Waals surface area contributed by atoms with Crippen molar-refractivity contribution in [2.45, 2.75) is 31.9 Å². The van der Waals surface area contributed by atoms with Gasteiger partial charge >= 0.3 is 0 Å². The lowest BCUT2D eigenvalue weighted by atomic mass is 10.1. The Balaban J connectivity index is 1.82. The van der Waals surface area contributed by atoms with E-state index in [0.717, 1.165) is 13.0 Å². The number of nitrogens with one attached hydrogen (secondary N) is 1. The molecule has 21 heavy (non-hydrogen) atoms. The molecule has 1 aliphatic rings. The third kappa shape index (κ3) is 4.15. The molecule has 0 spiro atoms. The van der Waals surface area contributed by atoms with Gasteiger partial charge in [-0.15, -0.1) is 0 Å². The quantitative estimate of drug-likeness (QED) is 0.814. The zero-order chi connectivity index (χ0) is 15.4. The smallest absolute Gasteiger partial charge is 0.225 e. The number of hydrogen-bond acceptors (Lipinski definition) is 4. The predicted octanol–water partition coefficient (Wildman–Crippen LogP) is 1.85. The van der Waals surface area contributed by atoms with Gasteiger partial charge in [-0.1, -0.05) is 0 Å². The van der Waals surface area contributed by atoms with Crippen LogP contribution in [0.1, 0.15) is 19.8 Å². The first kappa shape index (κ1) is 15.7. The second-order valence-corrected chi connectivity index (χ2v) is 5.44. The molecule has 0 aromatic heterocycles. The number of carbonyl (C=O) groups is 1. The van der Waals surface area contributed by atoms with Crippen molar-refractivity contribution in [3.8, 4) is 0 Å². The van der Waals surface area contributed by atoms with Gasteiger partial charge in [-0.2, -0.15) is 0 Å². The second kappa shape index (κ2) is 6.87. The average molecular weight is 295 g/mol. The summed E-state index contributed by atoms with van der Waals surface area (Å²) in [5, 5.41) is 2.71. The Morgan fingerprint density at radius 3 is 2.95 bits per heavy atom. The molecule has 0 bridgehead atoms. The minimum atomic E-state index is -0.416. The summed E-state index contributed by atoms with van der Waals surface area (Å²) in [6.07, 6.45) is 1.55. The third-order valence-electron chi connectivity index (χ3n) is 3.88. The molecule has 1 saturated heterocycles. The van der Waals surface area contributed by atoms with E-state index in [-0.39, 0.29) is 17.7 Å². The maximum absolute atomic E-state index is 12.9. The van der Waals surface area contributed by atoms with E-state index < -0.39 is 5.82 Å². The van der Waals surface area contributed by atoms with Crippen LogP contribution in [0, 0.1) is 5.82 Å². The molecule has 116 valence electrons. The van der Waals surface area contributed by atoms with Crippen LogP contribution in [-0.2, 0) is 9.53 Å². The van der Waals surface area contributed by atoms with Crippen LogP contribution in [0.4, 0.5) is 15.8 Å². The molecule has 0 radical (unpaired) electrons. The first-order chi connectivity index (χ1) is 9.97. The minimum Gasteiger partial charge on any atom is -0.397 e. The molecule has 1 heterocycles. The summed E-state index contributed by atoms with van der Waals surface area (Å²) in [4.78, 5) is 14.1. The molecule has 0 aliphatic carbocycles. The van der Waals surface area contributed by atoms with Crippen LogP contribution in [0.25, 0.3) is 0 Å². The minimum absolute atomic E-state index is 0.133. The maximum Gasteiger partial charge on any atom is 0.225 e. The molecule has 3 N–H and O–H groups in total. The summed E-state index contributed by atoms with van der Waals surface area (Å²) >= 11 is 0. The lowest BCUT2D eigenvalue weighted by Gasteiger charge is -2.26. The van der Waals surface area contributed by atoms with Gasteiger partial charge in [0.25, 0.3) is 0 Å². The van der Waals surface area contributed by atoms with Crippen LogP contribution in [0.15, 0.2) is 18.2 Å². The molecule has 6 heteroatoms. The fraction of sp³-hybridized carbons (Fsp3) is 0.533. The van der Waals surface area contributed by atoms with E-state index in [2.05, 4.69) is 10.2 Å². The molecular weight excluding hydrogens is 273 g/mol. The van der Waals surface area contributed by atoms with Crippen molar-refractivity contribution < 1.29 is 13.9 Å². The van der Waals surface area contributed by atoms with Gasteiger partial charge < -0.3 is 20.7 Å². The number of ether oxygens (including phenoxy) is 1. The van der Waals surface area contributed by atoms with Gasteiger partial charge in [0.1, 0.15) is 5.82 Å². The van der Waals surface area contributed by atoms with Crippen LogP contribution in [0.5, 0.6) is 0 Å². The van der Waals surface area contributed by atoms with Gasteiger partial charge in [-0.05, 0) is 38.6 Å². The number of rotatable bonds is 5. The Morgan fingerprint density at radius 1 is 1.57 bits per heavy atom. The van der Waals surface area contributed by atoms with E-state index in [0.29, 0.717) is 24.7 Å². The van der Waals surface area contributed by atoms with Crippen molar-refractivity contribution in [3.05, 3.63) is 24.0 Å². The highest BCUT2D eigenvalue weighted by atomic mass is 19.1. The zero-order valence-corrected chi connectivity index (χ0v) is 12.4. The van der Waals surface area contributed by atoms with Crippen LogP contribution in [0.2, 0.25) is 0 Å². The van der Waals surface area contributed by atoms with Gasteiger partial charge in [0.05, 0.1) is 17.5 Å². The topological polar surface area (TPSA) is 67.6 Å². The number of nitrogens with zero attached hydrogens (tertiary/aromatic N) is 1. The number of amides is 1. The van der Waals surface area contributed by atoms with Crippen molar-refractivity contribution in [1.29, 1.82) is 0 Å². The molecule has 5 nitrogen and oxygen atoms in total. The van der Waals surface area contributed by atoms with Gasteiger partial charge in [-0.25, -0.2) is 4.39 Å². The van der Waals surface area contributed by atoms with E-state index in [1.54, 1.807) is 0 Å². The summed E-state index contributed by atoms with van der Waals surface area (Å²) in [7, 11) is 2.00. The zero-order valence-electron chi connectivity index (χ0n) is 12.4. The molecule has 1 aliphatic heterocycles. The average Bonchev–Trinajstić information content (AvgIpc) is 2.85. The summed E-state index contributed by atoms with van der Waals surface area (Å²) in [5.74, 6) is -0.549. The first-order valence-electron chi connectivity index (χ1n) is 7.14. The summed E-state index contributed by atoms with van der Waals surface area (Å²) in [6.45, 7) is 3.47. The van der Waals surface area contributed by atoms with Crippen molar-refractivity contribution in [2.75, 3.05) is 31.2 Å². The summed E-state index contributed by atoms with van der Waals surface area (Å²) in [6, 6.07) is 4.29. The van der Waals surface area contributed by atoms with Crippen molar-refractivity contribution in [3.63, 3.8) is 0 Å². The van der Waals surface area contributed by atoms with Crippen LogP contribution in [0.3, 0.4) is 0 Å². The Kier molecular flexibility index (Phi) is 5.14. The fourth-order valence-electron chi connectivity index (χ4n) is 2.60. The fourth-order valence-corrected chi connectivity index (χ4v) is 2.60. The number of carbonyl (C=O) groups excluding carboxylic acids is 1. The molecule has 1 aromatic carbocycles. The lowest BCUT2D eigenvalue weighted by Crippen LogP contribution is -2.38. The number of hydrogen-bond donors (Lipinski definition) is 2. The number of nitrogen functional groups attached to an aromatic ring is 1. The molecule has 0 saturated carbocycles. The summed E-state index contributed by atoms with van der Waals surface area (Å²) < 4.78 is 18.5. The van der Waals surface area contributed by atoms with Gasteiger partial charge in [0, 0.05) is 25.6 Å². The number of benzene rings is 1. The van der Waals surface area contributed by atoms with E-state index in [1.807, 2.05) is 14.0 Å². The molecule has 2 rings (SSSR count). The monoisotopic (exact) mass is 295 g/mol. The normalized spacial score (nSPS) is 21.7. The molecular formula is C15H22FN3O2. The second-order valence-electron chi connectivity index (χ2n) is 5.44. The van der Waals surface area contributed by atoms with E-state index >= 15 is 0 Å². The SMILES string of the molecule is CC1OCCC1N(C)CCC(=O)Nc1ccc(F)cc1N. The van der Waals surface area contributed by atoms with Crippen LogP contribution >= 0.6 is 0 Å². The Morgan fingerprint density at radius 2 is 2.33 bits per heavy atom. The van der Waals surface area contributed by atoms with E-state index in [1.165, 1.54) is 18.2 Å². The number of likely N-dealkylation sites (N-methyl/N-ethyl adjacent to an activating group) is 1. The van der Waals surface area contributed by atoms with Gasteiger partial charge in [-0.3, -0.25) is 4.79 Å². The van der Waals surface area contributed by atoms with Crippen molar-refractivity contribution in [2.24, 2.45) is 0 Å². The first-order valence-corrected chi connectivity index (χ1v) is 7.14. The van der Waals surface area contributed by atoms with Crippen molar-refractivity contribution in [1.82, 2.24) is 4.90 Å².